The fraction of sp³-hybridized carbons (Fsp3) is 0.476. The number of benzene rings is 1. The van der Waals surface area contributed by atoms with Gasteiger partial charge in [0.1, 0.15) is 18.0 Å². The predicted molar refractivity (Wildman–Crippen MR) is 99.8 cm³/mol. The number of nitrogens with zero attached hydrogens (tertiary/aromatic N) is 2. The van der Waals surface area contributed by atoms with Crippen molar-refractivity contribution < 1.29 is 9.84 Å². The molecule has 3 rings (SSSR count). The molecule has 1 saturated heterocycles. The molecule has 1 atom stereocenters. The van der Waals surface area contributed by atoms with E-state index in [-0.39, 0.29) is 0 Å². The van der Waals surface area contributed by atoms with Gasteiger partial charge in [-0.1, -0.05) is 12.1 Å². The number of rotatable bonds is 5. The van der Waals surface area contributed by atoms with Gasteiger partial charge in [0.05, 0.1) is 5.69 Å². The second kappa shape index (κ2) is 7.54. The predicted octanol–water partition coefficient (Wildman–Crippen LogP) is 3.41. The molecule has 2 heterocycles. The van der Waals surface area contributed by atoms with E-state index >= 15 is 0 Å². The van der Waals surface area contributed by atoms with Crippen LogP contribution >= 0.6 is 0 Å². The number of piperidine rings is 1. The summed E-state index contributed by atoms with van der Waals surface area (Å²) < 4.78 is 5.91. The van der Waals surface area contributed by atoms with Crippen molar-refractivity contribution in [1.82, 2.24) is 9.88 Å². The topological polar surface area (TPSA) is 45.6 Å². The molecule has 1 fully saturated rings. The lowest BCUT2D eigenvalue weighted by atomic mass is 9.93. The number of likely N-dealkylation sites (tertiary alicyclic amines) is 1. The standard InChI is InChI=1S/C21H28N2O2/c1-16-7-8-19(12-18(16)3)25-15-21(24)9-5-11-23(14-21)13-20-17(2)6-4-10-22-20/h4,6-8,10,12,24H,5,9,11,13-15H2,1-3H3. The lowest BCUT2D eigenvalue weighted by Gasteiger charge is -2.39. The van der Waals surface area contributed by atoms with Gasteiger partial charge < -0.3 is 9.84 Å². The first kappa shape index (κ1) is 17.9. The highest BCUT2D eigenvalue weighted by molar-refractivity contribution is 5.33. The van der Waals surface area contributed by atoms with E-state index in [1.54, 1.807) is 0 Å². The molecule has 0 bridgehead atoms. The lowest BCUT2D eigenvalue weighted by molar-refractivity contribution is -0.0623. The summed E-state index contributed by atoms with van der Waals surface area (Å²) >= 11 is 0. The summed E-state index contributed by atoms with van der Waals surface area (Å²) in [6, 6.07) is 10.1. The van der Waals surface area contributed by atoms with Gasteiger partial charge in [-0.3, -0.25) is 9.88 Å². The highest BCUT2D eigenvalue weighted by atomic mass is 16.5. The molecule has 134 valence electrons. The van der Waals surface area contributed by atoms with Crippen LogP contribution in [-0.2, 0) is 6.54 Å². The van der Waals surface area contributed by atoms with Crippen LogP contribution < -0.4 is 4.74 Å². The maximum atomic E-state index is 11.0. The minimum atomic E-state index is -0.806. The van der Waals surface area contributed by atoms with Crippen LogP contribution in [0.5, 0.6) is 5.75 Å². The first-order valence-electron chi connectivity index (χ1n) is 9.00. The summed E-state index contributed by atoms with van der Waals surface area (Å²) in [5.41, 5.74) is 3.94. The Bertz CT molecular complexity index is 732. The van der Waals surface area contributed by atoms with E-state index in [0.29, 0.717) is 13.2 Å². The van der Waals surface area contributed by atoms with E-state index in [1.165, 1.54) is 16.7 Å². The molecule has 1 aromatic carbocycles. The average molecular weight is 340 g/mol. The Morgan fingerprint density at radius 2 is 2.00 bits per heavy atom. The Morgan fingerprint density at radius 1 is 1.16 bits per heavy atom. The van der Waals surface area contributed by atoms with Crippen molar-refractivity contribution in [3.8, 4) is 5.75 Å². The van der Waals surface area contributed by atoms with Crippen LogP contribution in [0.1, 0.15) is 35.2 Å². The largest absolute Gasteiger partial charge is 0.491 e. The molecule has 0 spiro atoms. The number of β-amino-alcohol motifs (C(OH)–C–C–N with tert-alkyl or cyclic N) is 1. The SMILES string of the molecule is Cc1ccc(OCC2(O)CCCN(Cc3ncccc3C)C2)cc1C. The number of aromatic nitrogens is 1. The third kappa shape index (κ3) is 4.59. The van der Waals surface area contributed by atoms with Gasteiger partial charge in [0.25, 0.3) is 0 Å². The molecule has 1 aliphatic heterocycles. The van der Waals surface area contributed by atoms with Gasteiger partial charge in [0.15, 0.2) is 0 Å². The molecule has 4 heteroatoms. The minimum Gasteiger partial charge on any atom is -0.491 e. The maximum absolute atomic E-state index is 11.0. The maximum Gasteiger partial charge on any atom is 0.119 e. The Morgan fingerprint density at radius 3 is 2.76 bits per heavy atom. The molecule has 25 heavy (non-hydrogen) atoms. The zero-order valence-electron chi connectivity index (χ0n) is 15.5. The van der Waals surface area contributed by atoms with Crippen LogP contribution in [0, 0.1) is 20.8 Å². The second-order valence-corrected chi connectivity index (χ2v) is 7.34. The van der Waals surface area contributed by atoms with E-state index in [2.05, 4.69) is 42.8 Å². The number of aliphatic hydroxyl groups is 1. The Labute approximate surface area is 150 Å². The van der Waals surface area contributed by atoms with Crippen molar-refractivity contribution in [3.63, 3.8) is 0 Å². The Kier molecular flexibility index (Phi) is 5.40. The van der Waals surface area contributed by atoms with Crippen molar-refractivity contribution >= 4 is 0 Å². The zero-order chi connectivity index (χ0) is 17.9. The van der Waals surface area contributed by atoms with Crippen LogP contribution in [0.2, 0.25) is 0 Å². The lowest BCUT2D eigenvalue weighted by Crippen LogP contribution is -2.51. The fourth-order valence-corrected chi connectivity index (χ4v) is 3.38. The third-order valence-corrected chi connectivity index (χ3v) is 5.11. The molecule has 0 saturated carbocycles. The molecule has 0 radical (unpaired) electrons. The average Bonchev–Trinajstić information content (AvgIpc) is 2.58. The van der Waals surface area contributed by atoms with Crippen LogP contribution in [-0.4, -0.2) is 40.3 Å². The quantitative estimate of drug-likeness (QED) is 0.906. The summed E-state index contributed by atoms with van der Waals surface area (Å²) in [5, 5.41) is 11.0. The zero-order valence-corrected chi connectivity index (χ0v) is 15.5. The van der Waals surface area contributed by atoms with Gasteiger partial charge in [-0.05, 0) is 75.0 Å². The molecule has 4 nitrogen and oxygen atoms in total. The van der Waals surface area contributed by atoms with E-state index in [1.807, 2.05) is 24.4 Å². The molecule has 2 aromatic rings. The van der Waals surface area contributed by atoms with Gasteiger partial charge in [0.2, 0.25) is 0 Å². The monoisotopic (exact) mass is 340 g/mol. The molecule has 1 unspecified atom stereocenters. The van der Waals surface area contributed by atoms with E-state index < -0.39 is 5.60 Å². The number of ether oxygens (including phenoxy) is 1. The smallest absolute Gasteiger partial charge is 0.119 e. The first-order valence-corrected chi connectivity index (χ1v) is 9.00. The third-order valence-electron chi connectivity index (χ3n) is 5.11. The van der Waals surface area contributed by atoms with Gasteiger partial charge in [-0.25, -0.2) is 0 Å². The van der Waals surface area contributed by atoms with Gasteiger partial charge in [-0.15, -0.1) is 0 Å². The van der Waals surface area contributed by atoms with Gasteiger partial charge >= 0.3 is 0 Å². The second-order valence-electron chi connectivity index (χ2n) is 7.34. The van der Waals surface area contributed by atoms with E-state index in [9.17, 15) is 5.11 Å². The van der Waals surface area contributed by atoms with Crippen molar-refractivity contribution in [2.75, 3.05) is 19.7 Å². The molecule has 1 aromatic heterocycles. The highest BCUT2D eigenvalue weighted by Gasteiger charge is 2.34. The Hall–Kier alpha value is -1.91. The van der Waals surface area contributed by atoms with Gasteiger partial charge in [-0.2, -0.15) is 0 Å². The van der Waals surface area contributed by atoms with E-state index in [0.717, 1.165) is 37.4 Å². The highest BCUT2D eigenvalue weighted by Crippen LogP contribution is 2.25. The van der Waals surface area contributed by atoms with Crippen molar-refractivity contribution in [1.29, 1.82) is 0 Å². The molecular weight excluding hydrogens is 312 g/mol. The summed E-state index contributed by atoms with van der Waals surface area (Å²) in [6.07, 6.45) is 3.58. The normalized spacial score (nSPS) is 21.3. The van der Waals surface area contributed by atoms with Crippen LogP contribution in [0.15, 0.2) is 36.5 Å². The number of pyridine rings is 1. The van der Waals surface area contributed by atoms with Crippen molar-refractivity contribution in [2.45, 2.75) is 45.8 Å². The number of hydrogen-bond acceptors (Lipinski definition) is 4. The Balaban J connectivity index is 1.61. The van der Waals surface area contributed by atoms with Crippen LogP contribution in [0.3, 0.4) is 0 Å². The van der Waals surface area contributed by atoms with E-state index in [4.69, 9.17) is 4.74 Å². The molecule has 0 aliphatic carbocycles. The molecular formula is C21H28N2O2. The molecule has 1 aliphatic rings. The summed E-state index contributed by atoms with van der Waals surface area (Å²) in [6.45, 7) is 8.96. The van der Waals surface area contributed by atoms with Crippen molar-refractivity contribution in [2.24, 2.45) is 0 Å². The minimum absolute atomic E-state index is 0.327. The summed E-state index contributed by atoms with van der Waals surface area (Å²) in [4.78, 5) is 6.76. The van der Waals surface area contributed by atoms with Crippen LogP contribution in [0.4, 0.5) is 0 Å². The first-order chi connectivity index (χ1) is 12.0. The fourth-order valence-electron chi connectivity index (χ4n) is 3.38. The molecule has 0 amide bonds. The summed E-state index contributed by atoms with van der Waals surface area (Å²) in [7, 11) is 0. The molecule has 1 N–H and O–H groups in total. The number of aryl methyl sites for hydroxylation is 3. The number of hydrogen-bond donors (Lipinski definition) is 1. The van der Waals surface area contributed by atoms with Crippen molar-refractivity contribution in [3.05, 3.63) is 58.9 Å². The van der Waals surface area contributed by atoms with Crippen LogP contribution in [0.25, 0.3) is 0 Å². The summed E-state index contributed by atoms with van der Waals surface area (Å²) in [5.74, 6) is 0.828. The van der Waals surface area contributed by atoms with Gasteiger partial charge in [0, 0.05) is 19.3 Å².